The lowest BCUT2D eigenvalue weighted by atomic mass is 9.78. The zero-order valence-corrected chi connectivity index (χ0v) is 12.0. The maximum absolute atomic E-state index is 12.8. The number of hydrogen-bond donors (Lipinski definition) is 0. The van der Waals surface area contributed by atoms with E-state index in [0.29, 0.717) is 18.6 Å². The largest absolute Gasteiger partial charge is 0.496 e. The van der Waals surface area contributed by atoms with Gasteiger partial charge in [-0.15, -0.1) is 0 Å². The second-order valence-electron chi connectivity index (χ2n) is 5.56. The minimum atomic E-state index is -4.19. The number of ketones is 1. The number of Topliss-reactive ketones (excluding diaryl/α,β-unsaturated/α-hetero) is 1. The second-order valence-corrected chi connectivity index (χ2v) is 5.56. The van der Waals surface area contributed by atoms with Crippen LogP contribution in [0.3, 0.4) is 0 Å². The standard InChI is InChI=1S/C16H19F3O2/c1-21-15-8-3-2-5-12(15)10-14(20)11-6-4-7-13(9-11)16(17,18)19/h2-3,5,8,11,13H,4,6-7,9-10H2,1H3. The van der Waals surface area contributed by atoms with Crippen LogP contribution in [-0.2, 0) is 11.2 Å². The number of carbonyl (C=O) groups is 1. The highest BCUT2D eigenvalue weighted by Gasteiger charge is 2.43. The summed E-state index contributed by atoms with van der Waals surface area (Å²) in [6, 6.07) is 7.13. The average Bonchev–Trinajstić information content (AvgIpc) is 2.47. The average molecular weight is 300 g/mol. The summed E-state index contributed by atoms with van der Waals surface area (Å²) in [5.74, 6) is -1.34. The molecule has 0 spiro atoms. The summed E-state index contributed by atoms with van der Waals surface area (Å²) >= 11 is 0. The Morgan fingerprint density at radius 2 is 2.00 bits per heavy atom. The van der Waals surface area contributed by atoms with Gasteiger partial charge in [0.2, 0.25) is 0 Å². The molecule has 116 valence electrons. The van der Waals surface area contributed by atoms with Crippen molar-refractivity contribution in [2.75, 3.05) is 7.11 Å². The number of methoxy groups -OCH3 is 1. The lowest BCUT2D eigenvalue weighted by Gasteiger charge is -2.29. The first-order valence-electron chi connectivity index (χ1n) is 7.13. The molecule has 2 atom stereocenters. The molecule has 1 aromatic carbocycles. The molecule has 0 saturated heterocycles. The highest BCUT2D eigenvalue weighted by atomic mass is 19.4. The number of ether oxygens (including phenoxy) is 1. The van der Waals surface area contributed by atoms with Gasteiger partial charge in [-0.3, -0.25) is 4.79 Å². The maximum atomic E-state index is 12.8. The maximum Gasteiger partial charge on any atom is 0.391 e. The molecule has 5 heteroatoms. The molecule has 1 aliphatic rings. The van der Waals surface area contributed by atoms with E-state index < -0.39 is 18.0 Å². The van der Waals surface area contributed by atoms with Gasteiger partial charge in [-0.25, -0.2) is 0 Å². The van der Waals surface area contributed by atoms with Gasteiger partial charge in [0.1, 0.15) is 11.5 Å². The van der Waals surface area contributed by atoms with Gasteiger partial charge in [0.25, 0.3) is 0 Å². The molecule has 0 aliphatic heterocycles. The van der Waals surface area contributed by atoms with E-state index >= 15 is 0 Å². The van der Waals surface area contributed by atoms with Crippen molar-refractivity contribution in [3.05, 3.63) is 29.8 Å². The van der Waals surface area contributed by atoms with Crippen molar-refractivity contribution in [2.45, 2.75) is 38.3 Å². The number of halogens is 3. The zero-order valence-electron chi connectivity index (χ0n) is 12.0. The summed E-state index contributed by atoms with van der Waals surface area (Å²) in [5, 5.41) is 0. The van der Waals surface area contributed by atoms with Gasteiger partial charge in [0.05, 0.1) is 13.0 Å². The van der Waals surface area contributed by atoms with Crippen molar-refractivity contribution < 1.29 is 22.7 Å². The quantitative estimate of drug-likeness (QED) is 0.834. The first-order chi connectivity index (χ1) is 9.91. The van der Waals surface area contributed by atoms with Gasteiger partial charge in [-0.05, 0) is 25.3 Å². The van der Waals surface area contributed by atoms with Crippen LogP contribution in [0.5, 0.6) is 5.75 Å². The minimum absolute atomic E-state index is 0.0719. The summed E-state index contributed by atoms with van der Waals surface area (Å²) in [6.45, 7) is 0. The lowest BCUT2D eigenvalue weighted by Crippen LogP contribution is -2.32. The van der Waals surface area contributed by atoms with E-state index in [4.69, 9.17) is 4.74 Å². The molecule has 1 saturated carbocycles. The number of alkyl halides is 3. The highest BCUT2D eigenvalue weighted by Crippen LogP contribution is 2.40. The summed E-state index contributed by atoms with van der Waals surface area (Å²) in [6.07, 6.45) is -2.96. The Balaban J connectivity index is 2.03. The molecular formula is C16H19F3O2. The summed E-state index contributed by atoms with van der Waals surface area (Å²) in [5.41, 5.74) is 0.735. The number of carbonyl (C=O) groups excluding carboxylic acids is 1. The van der Waals surface area contributed by atoms with E-state index in [-0.39, 0.29) is 25.0 Å². The smallest absolute Gasteiger partial charge is 0.391 e. The van der Waals surface area contributed by atoms with Gasteiger partial charge in [0.15, 0.2) is 0 Å². The highest BCUT2D eigenvalue weighted by molar-refractivity contribution is 5.84. The van der Waals surface area contributed by atoms with Crippen molar-refractivity contribution in [1.29, 1.82) is 0 Å². The Hall–Kier alpha value is -1.52. The van der Waals surface area contributed by atoms with E-state index in [1.165, 1.54) is 7.11 Å². The first kappa shape index (κ1) is 15.9. The number of rotatable bonds is 4. The molecule has 1 aromatic rings. The van der Waals surface area contributed by atoms with Crippen LogP contribution in [0.1, 0.15) is 31.2 Å². The van der Waals surface area contributed by atoms with Gasteiger partial charge in [-0.1, -0.05) is 24.6 Å². The Morgan fingerprint density at radius 3 is 2.67 bits per heavy atom. The topological polar surface area (TPSA) is 26.3 Å². The van der Waals surface area contributed by atoms with E-state index in [0.717, 1.165) is 5.56 Å². The van der Waals surface area contributed by atoms with Crippen molar-refractivity contribution in [3.8, 4) is 5.75 Å². The van der Waals surface area contributed by atoms with Crippen molar-refractivity contribution in [3.63, 3.8) is 0 Å². The van der Waals surface area contributed by atoms with E-state index in [2.05, 4.69) is 0 Å². The second kappa shape index (κ2) is 6.50. The SMILES string of the molecule is COc1ccccc1CC(=O)C1CCCC(C(F)(F)F)C1. The first-order valence-corrected chi connectivity index (χ1v) is 7.13. The van der Waals surface area contributed by atoms with Crippen LogP contribution >= 0.6 is 0 Å². The molecule has 0 radical (unpaired) electrons. The van der Waals surface area contributed by atoms with E-state index in [1.807, 2.05) is 0 Å². The molecule has 0 amide bonds. The Labute approximate surface area is 122 Å². The van der Waals surface area contributed by atoms with Crippen LogP contribution in [0.15, 0.2) is 24.3 Å². The fourth-order valence-corrected chi connectivity index (χ4v) is 2.96. The zero-order chi connectivity index (χ0) is 15.5. The molecule has 0 bridgehead atoms. The predicted molar refractivity (Wildman–Crippen MR) is 73.2 cm³/mol. The Morgan fingerprint density at radius 1 is 1.29 bits per heavy atom. The molecule has 21 heavy (non-hydrogen) atoms. The fraction of sp³-hybridized carbons (Fsp3) is 0.562. The van der Waals surface area contributed by atoms with Crippen LogP contribution in [0, 0.1) is 11.8 Å². The van der Waals surface area contributed by atoms with Crippen molar-refractivity contribution in [1.82, 2.24) is 0 Å². The van der Waals surface area contributed by atoms with Gasteiger partial charge in [0, 0.05) is 17.9 Å². The molecule has 2 rings (SSSR count). The monoisotopic (exact) mass is 300 g/mol. The predicted octanol–water partition coefficient (Wildman–Crippen LogP) is 4.18. The van der Waals surface area contributed by atoms with Gasteiger partial charge < -0.3 is 4.74 Å². The third-order valence-electron chi connectivity index (χ3n) is 4.15. The van der Waals surface area contributed by atoms with Crippen molar-refractivity contribution in [2.24, 2.45) is 11.8 Å². The Bertz CT molecular complexity index is 497. The lowest BCUT2D eigenvalue weighted by molar-refractivity contribution is -0.186. The van der Waals surface area contributed by atoms with E-state index in [1.54, 1.807) is 24.3 Å². The molecule has 0 N–H and O–H groups in total. The van der Waals surface area contributed by atoms with E-state index in [9.17, 15) is 18.0 Å². The normalized spacial score (nSPS) is 22.9. The van der Waals surface area contributed by atoms with Crippen LogP contribution in [0.25, 0.3) is 0 Å². The Kier molecular flexibility index (Phi) is 4.91. The molecule has 1 fully saturated rings. The number of benzene rings is 1. The molecule has 0 heterocycles. The molecule has 2 nitrogen and oxygen atoms in total. The number of para-hydroxylation sites is 1. The third-order valence-corrected chi connectivity index (χ3v) is 4.15. The molecule has 1 aliphatic carbocycles. The molecular weight excluding hydrogens is 281 g/mol. The summed E-state index contributed by atoms with van der Waals surface area (Å²) in [7, 11) is 1.52. The van der Waals surface area contributed by atoms with Crippen LogP contribution in [-0.4, -0.2) is 19.1 Å². The van der Waals surface area contributed by atoms with Crippen molar-refractivity contribution >= 4 is 5.78 Å². The van der Waals surface area contributed by atoms with Crippen LogP contribution in [0.2, 0.25) is 0 Å². The molecule has 2 unspecified atom stereocenters. The fourth-order valence-electron chi connectivity index (χ4n) is 2.96. The third kappa shape index (κ3) is 3.99. The summed E-state index contributed by atoms with van der Waals surface area (Å²) < 4.78 is 43.6. The number of hydrogen-bond acceptors (Lipinski definition) is 2. The van der Waals surface area contributed by atoms with Crippen LogP contribution < -0.4 is 4.74 Å². The van der Waals surface area contributed by atoms with Gasteiger partial charge in [-0.2, -0.15) is 13.2 Å². The summed E-state index contributed by atoms with van der Waals surface area (Å²) in [4.78, 5) is 12.3. The minimum Gasteiger partial charge on any atom is -0.496 e. The van der Waals surface area contributed by atoms with Crippen LogP contribution in [0.4, 0.5) is 13.2 Å². The molecule has 0 aromatic heterocycles. The van der Waals surface area contributed by atoms with Gasteiger partial charge >= 0.3 is 6.18 Å².